The Bertz CT molecular complexity index is 1030. The largest absolute Gasteiger partial charge is 0.497 e. The Kier molecular flexibility index (Phi) is 11.6. The third-order valence-electron chi connectivity index (χ3n) is 5.60. The SMILES string of the molecule is COc1ccc2cc([C@H](C)C(=O)NCCCCCC(=O)NC(CO)COP(=O)(O)OC)ccc2c1. The number of rotatable bonds is 15. The predicted molar refractivity (Wildman–Crippen MR) is 132 cm³/mol. The molecule has 2 aromatic rings. The number of hydrogen-bond donors (Lipinski definition) is 4. The molecule has 2 amide bonds. The van der Waals surface area contributed by atoms with Crippen LogP contribution < -0.4 is 15.4 Å². The average Bonchev–Trinajstić information content (AvgIpc) is 2.87. The molecule has 10 nitrogen and oxygen atoms in total. The van der Waals surface area contributed by atoms with E-state index in [0.717, 1.165) is 42.0 Å². The lowest BCUT2D eigenvalue weighted by Crippen LogP contribution is -2.40. The summed E-state index contributed by atoms with van der Waals surface area (Å²) in [4.78, 5) is 33.8. The first-order valence-corrected chi connectivity index (χ1v) is 13.0. The van der Waals surface area contributed by atoms with Crippen LogP contribution in [0.15, 0.2) is 36.4 Å². The molecule has 0 bridgehead atoms. The fourth-order valence-electron chi connectivity index (χ4n) is 3.42. The minimum absolute atomic E-state index is 0.0568. The van der Waals surface area contributed by atoms with E-state index in [2.05, 4.69) is 19.7 Å². The number of benzene rings is 2. The number of aliphatic hydroxyl groups excluding tert-OH is 1. The van der Waals surface area contributed by atoms with Crippen molar-refractivity contribution in [1.29, 1.82) is 0 Å². The van der Waals surface area contributed by atoms with E-state index in [9.17, 15) is 24.2 Å². The molecule has 0 aliphatic heterocycles. The number of ether oxygens (including phenoxy) is 1. The standard InChI is InChI=1S/C24H35N2O8P/c1-17(18-8-9-20-14-22(32-2)11-10-19(20)13-18)24(29)25-12-6-4-5-7-23(28)26-21(15-27)16-34-35(30,31)33-3/h8-11,13-14,17,21,27H,4-7,12,15-16H2,1-3H3,(H,25,29)(H,26,28)(H,30,31)/t17-,21?/m0/s1. The van der Waals surface area contributed by atoms with Gasteiger partial charge in [-0.25, -0.2) is 4.57 Å². The van der Waals surface area contributed by atoms with Crippen LogP contribution in [-0.2, 0) is 23.2 Å². The van der Waals surface area contributed by atoms with Gasteiger partial charge in [0.25, 0.3) is 0 Å². The first-order valence-electron chi connectivity index (χ1n) is 11.5. The van der Waals surface area contributed by atoms with E-state index in [1.165, 1.54) is 0 Å². The van der Waals surface area contributed by atoms with Crippen molar-refractivity contribution in [3.63, 3.8) is 0 Å². The summed E-state index contributed by atoms with van der Waals surface area (Å²) in [5, 5.41) is 16.9. The molecule has 0 saturated carbocycles. The van der Waals surface area contributed by atoms with Crippen LogP contribution in [0.2, 0.25) is 0 Å². The minimum Gasteiger partial charge on any atom is -0.497 e. The van der Waals surface area contributed by atoms with Gasteiger partial charge in [-0.3, -0.25) is 18.6 Å². The lowest BCUT2D eigenvalue weighted by molar-refractivity contribution is -0.123. The first-order chi connectivity index (χ1) is 16.7. The number of phosphoric ester groups is 1. The van der Waals surface area contributed by atoms with Gasteiger partial charge < -0.3 is 25.4 Å². The molecule has 4 N–H and O–H groups in total. The van der Waals surface area contributed by atoms with Gasteiger partial charge in [0.1, 0.15) is 5.75 Å². The molecule has 0 radical (unpaired) electrons. The van der Waals surface area contributed by atoms with Crippen molar-refractivity contribution in [3.05, 3.63) is 42.0 Å². The lowest BCUT2D eigenvalue weighted by atomic mass is 9.97. The van der Waals surface area contributed by atoms with Gasteiger partial charge in [0.15, 0.2) is 0 Å². The monoisotopic (exact) mass is 510 g/mol. The molecule has 11 heteroatoms. The fraction of sp³-hybridized carbons (Fsp3) is 0.500. The summed E-state index contributed by atoms with van der Waals surface area (Å²) < 4.78 is 25.5. The fourth-order valence-corrected chi connectivity index (χ4v) is 3.89. The number of carbonyl (C=O) groups excluding carboxylic acids is 2. The molecule has 0 saturated heterocycles. The van der Waals surface area contributed by atoms with Crippen molar-refractivity contribution < 1.29 is 37.9 Å². The Morgan fingerprint density at radius 2 is 1.77 bits per heavy atom. The van der Waals surface area contributed by atoms with Gasteiger partial charge in [0, 0.05) is 20.1 Å². The third kappa shape index (κ3) is 9.58. The summed E-state index contributed by atoms with van der Waals surface area (Å²) in [5.74, 6) is 0.135. The van der Waals surface area contributed by atoms with Gasteiger partial charge in [-0.1, -0.05) is 30.7 Å². The van der Waals surface area contributed by atoms with Crippen LogP contribution in [0.25, 0.3) is 10.8 Å². The second-order valence-corrected chi connectivity index (χ2v) is 9.75. The van der Waals surface area contributed by atoms with Crippen molar-refractivity contribution in [2.24, 2.45) is 0 Å². The van der Waals surface area contributed by atoms with E-state index in [1.54, 1.807) is 7.11 Å². The average molecular weight is 511 g/mol. The summed E-state index contributed by atoms with van der Waals surface area (Å²) in [6.45, 7) is 1.59. The highest BCUT2D eigenvalue weighted by molar-refractivity contribution is 7.47. The molecule has 0 aliphatic carbocycles. The van der Waals surface area contributed by atoms with Crippen molar-refractivity contribution in [3.8, 4) is 5.75 Å². The summed E-state index contributed by atoms with van der Waals surface area (Å²) in [5.41, 5.74) is 0.933. The Hall–Kier alpha value is -2.49. The highest BCUT2D eigenvalue weighted by atomic mass is 31.2. The van der Waals surface area contributed by atoms with E-state index in [4.69, 9.17) is 4.74 Å². The highest BCUT2D eigenvalue weighted by Gasteiger charge is 2.22. The minimum atomic E-state index is -4.17. The van der Waals surface area contributed by atoms with Crippen LogP contribution >= 0.6 is 7.82 Å². The smallest absolute Gasteiger partial charge is 0.471 e. The van der Waals surface area contributed by atoms with Crippen molar-refractivity contribution in [1.82, 2.24) is 10.6 Å². The van der Waals surface area contributed by atoms with E-state index < -0.39 is 20.5 Å². The maximum absolute atomic E-state index is 12.6. The van der Waals surface area contributed by atoms with Crippen molar-refractivity contribution in [2.75, 3.05) is 34.0 Å². The Morgan fingerprint density at radius 3 is 2.46 bits per heavy atom. The number of amides is 2. The zero-order valence-corrected chi connectivity index (χ0v) is 21.3. The van der Waals surface area contributed by atoms with Crippen molar-refractivity contribution in [2.45, 2.75) is 44.6 Å². The molecule has 35 heavy (non-hydrogen) atoms. The van der Waals surface area contributed by atoms with Gasteiger partial charge in [0.2, 0.25) is 11.8 Å². The second kappa shape index (κ2) is 14.2. The molecule has 2 aromatic carbocycles. The van der Waals surface area contributed by atoms with Crippen LogP contribution in [0.5, 0.6) is 5.75 Å². The van der Waals surface area contributed by atoms with Crippen LogP contribution in [-0.4, -0.2) is 61.8 Å². The number of carbonyl (C=O) groups is 2. The highest BCUT2D eigenvalue weighted by Crippen LogP contribution is 2.41. The second-order valence-electron chi connectivity index (χ2n) is 8.19. The quantitative estimate of drug-likeness (QED) is 0.212. The van der Waals surface area contributed by atoms with E-state index in [-0.39, 0.29) is 30.8 Å². The number of aliphatic hydroxyl groups is 1. The van der Waals surface area contributed by atoms with Gasteiger partial charge in [0.05, 0.1) is 32.3 Å². The molecule has 0 heterocycles. The van der Waals surface area contributed by atoms with Crippen molar-refractivity contribution >= 4 is 30.4 Å². The molecule has 2 unspecified atom stereocenters. The normalized spacial score (nSPS) is 14.7. The number of unbranched alkanes of at least 4 members (excludes halogenated alkanes) is 2. The Balaban J connectivity index is 1.67. The predicted octanol–water partition coefficient (Wildman–Crippen LogP) is 2.87. The Labute approximate surface area is 205 Å². The molecule has 3 atom stereocenters. The van der Waals surface area contributed by atoms with Gasteiger partial charge >= 0.3 is 7.82 Å². The van der Waals surface area contributed by atoms with Crippen LogP contribution in [0.1, 0.15) is 44.1 Å². The molecule has 0 spiro atoms. The number of phosphoric acid groups is 1. The van der Waals surface area contributed by atoms with E-state index in [1.807, 2.05) is 43.3 Å². The number of fused-ring (bicyclic) bond motifs is 1. The van der Waals surface area contributed by atoms with Gasteiger partial charge in [-0.15, -0.1) is 0 Å². The van der Waals surface area contributed by atoms with Crippen LogP contribution in [0, 0.1) is 0 Å². The molecular formula is C24H35N2O8P. The van der Waals surface area contributed by atoms with E-state index >= 15 is 0 Å². The summed E-state index contributed by atoms with van der Waals surface area (Å²) >= 11 is 0. The number of nitrogens with one attached hydrogen (secondary N) is 2. The summed E-state index contributed by atoms with van der Waals surface area (Å²) in [6, 6.07) is 11.0. The van der Waals surface area contributed by atoms with Gasteiger partial charge in [-0.2, -0.15) is 0 Å². The maximum Gasteiger partial charge on any atom is 0.471 e. The van der Waals surface area contributed by atoms with E-state index in [0.29, 0.717) is 13.0 Å². The zero-order valence-electron chi connectivity index (χ0n) is 20.4. The maximum atomic E-state index is 12.6. The molecule has 0 aromatic heterocycles. The zero-order chi connectivity index (χ0) is 25.8. The molecular weight excluding hydrogens is 475 g/mol. The summed E-state index contributed by atoms with van der Waals surface area (Å²) in [6.07, 6.45) is 2.28. The van der Waals surface area contributed by atoms with Gasteiger partial charge in [-0.05, 0) is 48.2 Å². The molecule has 194 valence electrons. The van der Waals surface area contributed by atoms with Crippen LogP contribution in [0.3, 0.4) is 0 Å². The summed E-state index contributed by atoms with van der Waals surface area (Å²) in [7, 11) is -1.52. The number of hydrogen-bond acceptors (Lipinski definition) is 7. The molecule has 0 aliphatic rings. The lowest BCUT2D eigenvalue weighted by Gasteiger charge is -2.17. The molecule has 2 rings (SSSR count). The first kappa shape index (κ1) is 28.7. The third-order valence-corrected chi connectivity index (χ3v) is 6.54. The topological polar surface area (TPSA) is 143 Å². The number of methoxy groups -OCH3 is 1. The molecule has 0 fully saturated rings. The van der Waals surface area contributed by atoms with Crippen LogP contribution in [0.4, 0.5) is 0 Å². The Morgan fingerprint density at radius 1 is 1.06 bits per heavy atom.